The molecule has 1 saturated carbocycles. The van der Waals surface area contributed by atoms with E-state index in [1.165, 1.54) is 0 Å². The topological polar surface area (TPSA) is 75.3 Å². The molecule has 1 fully saturated rings. The molecule has 0 bridgehead atoms. The average Bonchev–Trinajstić information content (AvgIpc) is 2.93. The summed E-state index contributed by atoms with van der Waals surface area (Å²) >= 11 is 0. The summed E-state index contributed by atoms with van der Waals surface area (Å²) in [6.07, 6.45) is 4.90. The van der Waals surface area contributed by atoms with Crippen molar-refractivity contribution in [1.82, 2.24) is 10.0 Å². The van der Waals surface area contributed by atoms with Crippen LogP contribution in [0.4, 0.5) is 0 Å². The predicted octanol–water partition coefficient (Wildman–Crippen LogP) is 1.47. The van der Waals surface area contributed by atoms with Crippen molar-refractivity contribution in [1.29, 1.82) is 0 Å². The number of nitrogens with one attached hydrogen (secondary N) is 2. The molecule has 1 aliphatic carbocycles. The van der Waals surface area contributed by atoms with Crippen LogP contribution in [0.3, 0.4) is 0 Å². The third-order valence-corrected chi connectivity index (χ3v) is 4.97. The minimum atomic E-state index is -3.22. The molecule has 0 unspecified atom stereocenters. The Morgan fingerprint density at radius 1 is 1.23 bits per heavy atom. The maximum atomic E-state index is 12.7. The Morgan fingerprint density at radius 2 is 1.91 bits per heavy atom. The lowest BCUT2D eigenvalue weighted by molar-refractivity contribution is -0.126. The monoisotopic (exact) mass is 324 g/mol. The molecule has 0 aliphatic heterocycles. The number of hydrogen-bond acceptors (Lipinski definition) is 3. The Morgan fingerprint density at radius 3 is 2.50 bits per heavy atom. The van der Waals surface area contributed by atoms with Gasteiger partial charge in [-0.3, -0.25) is 4.79 Å². The smallest absolute Gasteiger partial charge is 0.230 e. The predicted molar refractivity (Wildman–Crippen MR) is 87.2 cm³/mol. The summed E-state index contributed by atoms with van der Waals surface area (Å²) in [5.74, 6) is 0.00546. The van der Waals surface area contributed by atoms with Gasteiger partial charge in [0.2, 0.25) is 15.9 Å². The number of rotatable bonds is 6. The second kappa shape index (κ2) is 6.79. The van der Waals surface area contributed by atoms with Crippen LogP contribution in [-0.4, -0.2) is 33.7 Å². The van der Waals surface area contributed by atoms with E-state index < -0.39 is 15.4 Å². The average molecular weight is 324 g/mol. The number of hydrogen-bond donors (Lipinski definition) is 2. The third kappa shape index (κ3) is 4.08. The van der Waals surface area contributed by atoms with Crippen LogP contribution in [0.2, 0.25) is 0 Å². The van der Waals surface area contributed by atoms with Crippen LogP contribution < -0.4 is 10.0 Å². The van der Waals surface area contributed by atoms with Gasteiger partial charge in [-0.1, -0.05) is 42.7 Å². The highest BCUT2D eigenvalue weighted by Gasteiger charge is 2.42. The first kappa shape index (κ1) is 17.0. The lowest BCUT2D eigenvalue weighted by atomic mass is 9.77. The minimum Gasteiger partial charge on any atom is -0.354 e. The number of carbonyl (C=O) groups is 1. The molecule has 1 amide bonds. The highest BCUT2D eigenvalue weighted by Crippen LogP contribution is 2.41. The van der Waals surface area contributed by atoms with Crippen LogP contribution in [0.5, 0.6) is 0 Å². The first-order valence-corrected chi connectivity index (χ1v) is 9.53. The van der Waals surface area contributed by atoms with Crippen molar-refractivity contribution in [2.24, 2.45) is 0 Å². The Bertz CT molecular complexity index is 635. The van der Waals surface area contributed by atoms with Gasteiger partial charge in [-0.05, 0) is 25.3 Å². The second-order valence-corrected chi connectivity index (χ2v) is 7.91. The first-order valence-electron chi connectivity index (χ1n) is 7.64. The summed E-state index contributed by atoms with van der Waals surface area (Å²) in [6.45, 7) is 2.55. The molecule has 0 radical (unpaired) electrons. The van der Waals surface area contributed by atoms with Crippen LogP contribution in [0.1, 0.15) is 36.8 Å². The van der Waals surface area contributed by atoms with Crippen LogP contribution >= 0.6 is 0 Å². The summed E-state index contributed by atoms with van der Waals surface area (Å²) in [5.41, 5.74) is 1.76. The van der Waals surface area contributed by atoms with Crippen molar-refractivity contribution >= 4 is 15.9 Å². The molecule has 0 spiro atoms. The Hall–Kier alpha value is -1.40. The Labute approximate surface area is 132 Å². The lowest BCUT2D eigenvalue weighted by Crippen LogP contribution is -2.45. The minimum absolute atomic E-state index is 0.00546. The number of sulfonamides is 1. The van der Waals surface area contributed by atoms with Gasteiger partial charge in [0.05, 0.1) is 11.7 Å². The van der Waals surface area contributed by atoms with Crippen molar-refractivity contribution in [2.75, 3.05) is 19.3 Å². The molecule has 22 heavy (non-hydrogen) atoms. The van der Waals surface area contributed by atoms with Crippen LogP contribution in [0.25, 0.3) is 0 Å². The highest BCUT2D eigenvalue weighted by atomic mass is 32.2. The molecule has 0 saturated heterocycles. The summed E-state index contributed by atoms with van der Waals surface area (Å²) in [6, 6.07) is 8.12. The van der Waals surface area contributed by atoms with Crippen molar-refractivity contribution < 1.29 is 13.2 Å². The number of aryl methyl sites for hydroxylation is 1. The molecule has 1 aliphatic rings. The van der Waals surface area contributed by atoms with Crippen LogP contribution in [-0.2, 0) is 20.2 Å². The van der Waals surface area contributed by atoms with E-state index >= 15 is 0 Å². The van der Waals surface area contributed by atoms with E-state index in [1.54, 1.807) is 0 Å². The van der Waals surface area contributed by atoms with Gasteiger partial charge in [-0.15, -0.1) is 0 Å². The van der Waals surface area contributed by atoms with E-state index in [4.69, 9.17) is 0 Å². The second-order valence-electron chi connectivity index (χ2n) is 6.08. The van der Waals surface area contributed by atoms with Crippen LogP contribution in [0.15, 0.2) is 24.3 Å². The molecule has 0 aromatic heterocycles. The van der Waals surface area contributed by atoms with Gasteiger partial charge in [-0.25, -0.2) is 13.1 Å². The number of amides is 1. The summed E-state index contributed by atoms with van der Waals surface area (Å²) in [7, 11) is -3.22. The van der Waals surface area contributed by atoms with E-state index in [0.29, 0.717) is 6.54 Å². The molecular weight excluding hydrogens is 300 g/mol. The SMILES string of the molecule is Cc1cccc(C2(C(=O)NCCNS(C)(=O)=O)CCCC2)c1. The lowest BCUT2D eigenvalue weighted by Gasteiger charge is -2.28. The quantitative estimate of drug-likeness (QED) is 0.778. The molecular formula is C16H24N2O3S. The van der Waals surface area contributed by atoms with Gasteiger partial charge in [-0.2, -0.15) is 0 Å². The summed E-state index contributed by atoms with van der Waals surface area (Å²) < 4.78 is 24.4. The maximum Gasteiger partial charge on any atom is 0.230 e. The normalized spacial score (nSPS) is 17.4. The van der Waals surface area contributed by atoms with Crippen molar-refractivity contribution in [3.63, 3.8) is 0 Å². The maximum absolute atomic E-state index is 12.7. The molecule has 5 nitrogen and oxygen atoms in total. The van der Waals surface area contributed by atoms with Gasteiger partial charge < -0.3 is 5.32 Å². The zero-order valence-electron chi connectivity index (χ0n) is 13.2. The van der Waals surface area contributed by atoms with Crippen molar-refractivity contribution in [3.05, 3.63) is 35.4 Å². The zero-order chi connectivity index (χ0) is 16.2. The molecule has 6 heteroatoms. The zero-order valence-corrected chi connectivity index (χ0v) is 14.0. The number of benzene rings is 1. The largest absolute Gasteiger partial charge is 0.354 e. The standard InChI is InChI=1S/C16H24N2O3S/c1-13-6-5-7-14(12-13)16(8-3-4-9-16)15(19)17-10-11-18-22(2,20)21/h5-7,12,18H,3-4,8-11H2,1-2H3,(H,17,19). The summed E-state index contributed by atoms with van der Waals surface area (Å²) in [5, 5.41) is 2.89. The van der Waals surface area contributed by atoms with E-state index in [9.17, 15) is 13.2 Å². The first-order chi connectivity index (χ1) is 10.3. The fourth-order valence-electron chi connectivity index (χ4n) is 3.15. The molecule has 0 heterocycles. The van der Waals surface area contributed by atoms with E-state index in [0.717, 1.165) is 43.1 Å². The molecule has 1 aromatic carbocycles. The molecule has 1 aromatic rings. The van der Waals surface area contributed by atoms with Gasteiger partial charge in [0, 0.05) is 13.1 Å². The van der Waals surface area contributed by atoms with Gasteiger partial charge in [0.1, 0.15) is 0 Å². The number of carbonyl (C=O) groups excluding carboxylic acids is 1. The fourth-order valence-corrected chi connectivity index (χ4v) is 3.62. The van der Waals surface area contributed by atoms with Gasteiger partial charge >= 0.3 is 0 Å². The molecule has 2 rings (SSSR count). The van der Waals surface area contributed by atoms with Crippen molar-refractivity contribution in [3.8, 4) is 0 Å². The molecule has 2 N–H and O–H groups in total. The van der Waals surface area contributed by atoms with E-state index in [2.05, 4.69) is 16.1 Å². The van der Waals surface area contributed by atoms with Crippen LogP contribution in [0, 0.1) is 6.92 Å². The fraction of sp³-hybridized carbons (Fsp3) is 0.562. The highest BCUT2D eigenvalue weighted by molar-refractivity contribution is 7.88. The molecule has 122 valence electrons. The van der Waals surface area contributed by atoms with Gasteiger partial charge in [0.15, 0.2) is 0 Å². The van der Waals surface area contributed by atoms with Crippen molar-refractivity contribution in [2.45, 2.75) is 38.0 Å². The molecule has 0 atom stereocenters. The summed E-state index contributed by atoms with van der Waals surface area (Å²) in [4.78, 5) is 12.7. The Balaban J connectivity index is 2.06. The van der Waals surface area contributed by atoms with Gasteiger partial charge in [0.25, 0.3) is 0 Å². The third-order valence-electron chi connectivity index (χ3n) is 4.24. The van der Waals surface area contributed by atoms with E-state index in [1.807, 2.05) is 25.1 Å². The van der Waals surface area contributed by atoms with E-state index in [-0.39, 0.29) is 12.5 Å². The Kier molecular flexibility index (Phi) is 5.24.